The summed E-state index contributed by atoms with van der Waals surface area (Å²) in [7, 11) is 1.83. The van der Waals surface area contributed by atoms with Crippen molar-refractivity contribution in [2.45, 2.75) is 51.6 Å². The van der Waals surface area contributed by atoms with Gasteiger partial charge in [0, 0.05) is 13.0 Å². The Hall–Kier alpha value is -0.370. The lowest BCUT2D eigenvalue weighted by Gasteiger charge is -2.41. The molecule has 2 aliphatic rings. The molecule has 0 aromatic rings. The third-order valence-corrected chi connectivity index (χ3v) is 4.47. The first-order chi connectivity index (χ1) is 7.20. The van der Waals surface area contributed by atoms with Crippen molar-refractivity contribution in [2.75, 3.05) is 7.11 Å². The van der Waals surface area contributed by atoms with Gasteiger partial charge in [0.05, 0.1) is 6.10 Å². The fraction of sp³-hybridized carbons (Fsp3) is 0.923. The number of rotatable bonds is 2. The van der Waals surface area contributed by atoms with E-state index in [-0.39, 0.29) is 0 Å². The third-order valence-electron chi connectivity index (χ3n) is 4.47. The fourth-order valence-corrected chi connectivity index (χ4v) is 3.43. The molecule has 2 fully saturated rings. The molecule has 0 spiro atoms. The van der Waals surface area contributed by atoms with Gasteiger partial charge >= 0.3 is 0 Å². The molecule has 0 N–H and O–H groups in total. The monoisotopic (exact) mass is 210 g/mol. The molecule has 0 aliphatic heterocycles. The first-order valence-corrected chi connectivity index (χ1v) is 6.24. The minimum Gasteiger partial charge on any atom is -0.381 e. The van der Waals surface area contributed by atoms with Crippen LogP contribution in [0.1, 0.15) is 45.4 Å². The molecule has 0 bridgehead atoms. The van der Waals surface area contributed by atoms with Crippen molar-refractivity contribution >= 4 is 5.78 Å². The number of fused-ring (bicyclic) bond motifs is 1. The lowest BCUT2D eigenvalue weighted by Crippen LogP contribution is -2.35. The van der Waals surface area contributed by atoms with Crippen LogP contribution in [0.15, 0.2) is 0 Å². The number of ketones is 1. The maximum atomic E-state index is 11.4. The second kappa shape index (κ2) is 4.65. The normalized spacial score (nSPS) is 40.9. The summed E-state index contributed by atoms with van der Waals surface area (Å²) in [5, 5.41) is 0. The van der Waals surface area contributed by atoms with E-state index in [1.54, 1.807) is 6.92 Å². The molecule has 2 nitrogen and oxygen atoms in total. The number of methoxy groups -OCH3 is 1. The molecule has 0 saturated heterocycles. The number of Topliss-reactive ketones (excluding diaryl/α,β-unsaturated/α-hetero) is 1. The van der Waals surface area contributed by atoms with Crippen LogP contribution in [0.2, 0.25) is 0 Å². The zero-order valence-corrected chi connectivity index (χ0v) is 9.87. The van der Waals surface area contributed by atoms with Crippen molar-refractivity contribution in [1.82, 2.24) is 0 Å². The van der Waals surface area contributed by atoms with Crippen molar-refractivity contribution < 1.29 is 9.53 Å². The van der Waals surface area contributed by atoms with Gasteiger partial charge in [-0.05, 0) is 57.3 Å². The van der Waals surface area contributed by atoms with Gasteiger partial charge in [0.25, 0.3) is 0 Å². The first kappa shape index (κ1) is 11.1. The summed E-state index contributed by atoms with van der Waals surface area (Å²) in [5.74, 6) is 2.41. The Balaban J connectivity index is 1.91. The van der Waals surface area contributed by atoms with Gasteiger partial charge in [0.2, 0.25) is 0 Å². The fourth-order valence-electron chi connectivity index (χ4n) is 3.43. The average Bonchev–Trinajstić information content (AvgIpc) is 2.27. The zero-order chi connectivity index (χ0) is 10.8. The smallest absolute Gasteiger partial charge is 0.132 e. The van der Waals surface area contributed by atoms with E-state index in [2.05, 4.69) is 0 Å². The van der Waals surface area contributed by atoms with E-state index in [0.29, 0.717) is 17.8 Å². The zero-order valence-electron chi connectivity index (χ0n) is 9.87. The van der Waals surface area contributed by atoms with E-state index in [1.165, 1.54) is 25.7 Å². The van der Waals surface area contributed by atoms with Crippen molar-refractivity contribution in [2.24, 2.45) is 17.8 Å². The van der Waals surface area contributed by atoms with E-state index < -0.39 is 0 Å². The van der Waals surface area contributed by atoms with Crippen molar-refractivity contribution in [1.29, 1.82) is 0 Å². The summed E-state index contributed by atoms with van der Waals surface area (Å²) in [6.45, 7) is 1.76. The Kier molecular flexibility index (Phi) is 3.45. The Morgan fingerprint density at radius 3 is 2.40 bits per heavy atom. The molecule has 0 aromatic heterocycles. The van der Waals surface area contributed by atoms with Crippen molar-refractivity contribution in [3.8, 4) is 0 Å². The van der Waals surface area contributed by atoms with Gasteiger partial charge in [-0.1, -0.05) is 0 Å². The Morgan fingerprint density at radius 1 is 1.07 bits per heavy atom. The average molecular weight is 210 g/mol. The van der Waals surface area contributed by atoms with Crippen LogP contribution in [-0.4, -0.2) is 19.0 Å². The highest BCUT2D eigenvalue weighted by Crippen LogP contribution is 2.43. The van der Waals surface area contributed by atoms with Crippen LogP contribution in [0.3, 0.4) is 0 Å². The van der Waals surface area contributed by atoms with E-state index in [4.69, 9.17) is 4.74 Å². The van der Waals surface area contributed by atoms with Crippen molar-refractivity contribution in [3.63, 3.8) is 0 Å². The molecule has 86 valence electrons. The second-order valence-electron chi connectivity index (χ2n) is 5.31. The van der Waals surface area contributed by atoms with E-state index in [9.17, 15) is 4.79 Å². The van der Waals surface area contributed by atoms with Gasteiger partial charge in [-0.3, -0.25) is 4.79 Å². The summed E-state index contributed by atoms with van der Waals surface area (Å²) in [4.78, 5) is 11.4. The van der Waals surface area contributed by atoms with Crippen molar-refractivity contribution in [3.05, 3.63) is 0 Å². The van der Waals surface area contributed by atoms with Crippen LogP contribution in [-0.2, 0) is 9.53 Å². The summed E-state index contributed by atoms with van der Waals surface area (Å²) in [5.41, 5.74) is 0. The summed E-state index contributed by atoms with van der Waals surface area (Å²) < 4.78 is 5.45. The molecule has 2 rings (SSSR count). The molecule has 15 heavy (non-hydrogen) atoms. The lowest BCUT2D eigenvalue weighted by molar-refractivity contribution is -0.123. The van der Waals surface area contributed by atoms with Crippen LogP contribution < -0.4 is 0 Å². The van der Waals surface area contributed by atoms with E-state index >= 15 is 0 Å². The standard InChI is InChI=1S/C13H22O2/c1-9(14)10-3-4-12-8-13(15-2)6-5-11(12)7-10/h10-13H,3-8H2,1-2H3. The summed E-state index contributed by atoms with van der Waals surface area (Å²) >= 11 is 0. The van der Waals surface area contributed by atoms with Gasteiger partial charge in [0.15, 0.2) is 0 Å². The van der Waals surface area contributed by atoms with E-state index in [1.807, 2.05) is 7.11 Å². The second-order valence-corrected chi connectivity index (χ2v) is 5.31. The SMILES string of the molecule is COC1CCC2CC(C(C)=O)CCC2C1. The Morgan fingerprint density at radius 2 is 1.73 bits per heavy atom. The van der Waals surface area contributed by atoms with Crippen LogP contribution in [0.4, 0.5) is 0 Å². The van der Waals surface area contributed by atoms with Gasteiger partial charge in [-0.15, -0.1) is 0 Å². The minimum absolute atomic E-state index is 0.366. The molecule has 2 heteroatoms. The number of carbonyl (C=O) groups is 1. The van der Waals surface area contributed by atoms with Crippen LogP contribution in [0.25, 0.3) is 0 Å². The number of hydrogen-bond donors (Lipinski definition) is 0. The lowest BCUT2D eigenvalue weighted by atomic mass is 9.66. The predicted octanol–water partition coefficient (Wildman–Crippen LogP) is 2.81. The highest BCUT2D eigenvalue weighted by Gasteiger charge is 2.36. The molecule has 0 radical (unpaired) electrons. The van der Waals surface area contributed by atoms with Gasteiger partial charge in [-0.25, -0.2) is 0 Å². The van der Waals surface area contributed by atoms with E-state index in [0.717, 1.165) is 24.7 Å². The molecule has 0 amide bonds. The highest BCUT2D eigenvalue weighted by atomic mass is 16.5. The summed E-state index contributed by atoms with van der Waals surface area (Å²) in [6, 6.07) is 0. The molecular formula is C13H22O2. The maximum Gasteiger partial charge on any atom is 0.132 e. The van der Waals surface area contributed by atoms with Crippen LogP contribution in [0.5, 0.6) is 0 Å². The largest absolute Gasteiger partial charge is 0.381 e. The number of hydrogen-bond acceptors (Lipinski definition) is 2. The topological polar surface area (TPSA) is 26.3 Å². The maximum absolute atomic E-state index is 11.4. The van der Waals surface area contributed by atoms with Crippen LogP contribution in [0, 0.1) is 17.8 Å². The molecule has 4 atom stereocenters. The first-order valence-electron chi connectivity index (χ1n) is 6.24. The molecule has 0 heterocycles. The molecule has 4 unspecified atom stereocenters. The Labute approximate surface area is 92.4 Å². The number of ether oxygens (including phenoxy) is 1. The van der Waals surface area contributed by atoms with Gasteiger partial charge in [0.1, 0.15) is 5.78 Å². The molecule has 0 aromatic carbocycles. The Bertz CT molecular complexity index is 237. The number of carbonyl (C=O) groups excluding carboxylic acids is 1. The van der Waals surface area contributed by atoms with Gasteiger partial charge < -0.3 is 4.74 Å². The van der Waals surface area contributed by atoms with Gasteiger partial charge in [-0.2, -0.15) is 0 Å². The molecule has 2 saturated carbocycles. The molecular weight excluding hydrogens is 188 g/mol. The molecule has 2 aliphatic carbocycles. The minimum atomic E-state index is 0.366. The van der Waals surface area contributed by atoms with Crippen LogP contribution >= 0.6 is 0 Å². The highest BCUT2D eigenvalue weighted by molar-refractivity contribution is 5.78. The predicted molar refractivity (Wildman–Crippen MR) is 59.7 cm³/mol. The third kappa shape index (κ3) is 2.41. The summed E-state index contributed by atoms with van der Waals surface area (Å²) in [6.07, 6.45) is 7.69. The quantitative estimate of drug-likeness (QED) is 0.700.